The largest absolute Gasteiger partial charge is 0.293 e. The van der Waals surface area contributed by atoms with E-state index in [-0.39, 0.29) is 10.6 Å². The Bertz CT molecular complexity index is 347. The van der Waals surface area contributed by atoms with Gasteiger partial charge in [0.2, 0.25) is 0 Å². The summed E-state index contributed by atoms with van der Waals surface area (Å²) in [6, 6.07) is 5.63. The fraction of sp³-hybridized carbons (Fsp3) is 0.364. The van der Waals surface area contributed by atoms with Crippen molar-refractivity contribution in [1.82, 2.24) is 0 Å². The molecule has 0 aliphatic rings. The summed E-state index contributed by atoms with van der Waals surface area (Å²) in [7, 11) is 0. The Morgan fingerprint density at radius 2 is 2.21 bits per heavy atom. The molecule has 0 radical (unpaired) electrons. The third-order valence-electron chi connectivity index (χ3n) is 2.14. The molecule has 0 fully saturated rings. The maximum absolute atomic E-state index is 11.6. The van der Waals surface area contributed by atoms with Crippen molar-refractivity contribution in [2.45, 2.75) is 24.6 Å². The van der Waals surface area contributed by atoms with E-state index in [4.69, 9.17) is 11.6 Å². The normalized spacial score (nSPS) is 12.6. The lowest BCUT2D eigenvalue weighted by molar-refractivity contribution is 0.0996. The lowest BCUT2D eigenvalue weighted by Gasteiger charge is -2.06. The first-order valence-corrected chi connectivity index (χ1v) is 5.85. The van der Waals surface area contributed by atoms with Crippen molar-refractivity contribution in [2.24, 2.45) is 0 Å². The van der Waals surface area contributed by atoms with Crippen LogP contribution in [0, 0.1) is 6.92 Å². The Labute approximate surface area is 97.6 Å². The summed E-state index contributed by atoms with van der Waals surface area (Å²) >= 11 is 9.02. The van der Waals surface area contributed by atoms with Crippen molar-refractivity contribution in [1.29, 1.82) is 0 Å². The summed E-state index contributed by atoms with van der Waals surface area (Å²) in [5.41, 5.74) is 2.86. The van der Waals surface area contributed by atoms with Crippen LogP contribution in [0.2, 0.25) is 0 Å². The highest BCUT2D eigenvalue weighted by atomic mass is 79.9. The van der Waals surface area contributed by atoms with E-state index in [0.29, 0.717) is 5.88 Å². The highest BCUT2D eigenvalue weighted by Crippen LogP contribution is 2.16. The summed E-state index contributed by atoms with van der Waals surface area (Å²) < 4.78 is 0. The number of carbonyl (C=O) groups excluding carboxylic acids is 1. The zero-order valence-electron chi connectivity index (χ0n) is 8.18. The lowest BCUT2D eigenvalue weighted by Crippen LogP contribution is -2.10. The van der Waals surface area contributed by atoms with Crippen LogP contribution in [0.4, 0.5) is 0 Å². The van der Waals surface area contributed by atoms with Gasteiger partial charge in [-0.15, -0.1) is 11.6 Å². The predicted octanol–water partition coefficient (Wildman–Crippen LogP) is 3.70. The van der Waals surface area contributed by atoms with Crippen LogP contribution in [0.15, 0.2) is 18.2 Å². The predicted molar refractivity (Wildman–Crippen MR) is 63.5 cm³/mol. The third kappa shape index (κ3) is 2.58. The standard InChI is InChI=1S/C11H12BrClO/c1-7-3-4-9(5-10(7)6-13)11(14)8(2)12/h3-5,8H,6H2,1-2H3. The van der Waals surface area contributed by atoms with E-state index in [2.05, 4.69) is 15.9 Å². The van der Waals surface area contributed by atoms with Crippen LogP contribution in [-0.2, 0) is 5.88 Å². The van der Waals surface area contributed by atoms with Crippen molar-refractivity contribution >= 4 is 33.3 Å². The van der Waals surface area contributed by atoms with Gasteiger partial charge in [0.05, 0.1) is 4.83 Å². The minimum Gasteiger partial charge on any atom is -0.293 e. The molecule has 76 valence electrons. The van der Waals surface area contributed by atoms with E-state index in [1.54, 1.807) is 0 Å². The van der Waals surface area contributed by atoms with Gasteiger partial charge >= 0.3 is 0 Å². The van der Waals surface area contributed by atoms with Crippen molar-refractivity contribution in [3.8, 4) is 0 Å². The Hall–Kier alpha value is -0.340. The van der Waals surface area contributed by atoms with Gasteiger partial charge in [0.25, 0.3) is 0 Å². The number of hydrogen-bond donors (Lipinski definition) is 0. The van der Waals surface area contributed by atoms with Crippen LogP contribution in [0.3, 0.4) is 0 Å². The molecule has 0 aliphatic carbocycles. The van der Waals surface area contributed by atoms with Crippen LogP contribution in [0.25, 0.3) is 0 Å². The van der Waals surface area contributed by atoms with Gasteiger partial charge in [0.15, 0.2) is 5.78 Å². The first kappa shape index (κ1) is 11.7. The van der Waals surface area contributed by atoms with Crippen LogP contribution in [0.1, 0.15) is 28.4 Å². The smallest absolute Gasteiger partial charge is 0.176 e. The van der Waals surface area contributed by atoms with Gasteiger partial charge < -0.3 is 0 Å². The molecule has 0 amide bonds. The molecule has 0 saturated heterocycles. The average Bonchev–Trinajstić information content (AvgIpc) is 2.17. The first-order chi connectivity index (χ1) is 6.56. The molecule has 0 saturated carbocycles. The van der Waals surface area contributed by atoms with Crippen molar-refractivity contribution in [3.63, 3.8) is 0 Å². The van der Waals surface area contributed by atoms with Gasteiger partial charge in [-0.1, -0.05) is 28.1 Å². The molecule has 0 aromatic heterocycles. The molecule has 14 heavy (non-hydrogen) atoms. The van der Waals surface area contributed by atoms with Gasteiger partial charge in [-0.3, -0.25) is 4.79 Å². The van der Waals surface area contributed by atoms with E-state index in [0.717, 1.165) is 16.7 Å². The second-order valence-electron chi connectivity index (χ2n) is 3.26. The topological polar surface area (TPSA) is 17.1 Å². The van der Waals surface area contributed by atoms with Gasteiger partial charge in [0, 0.05) is 11.4 Å². The molecule has 1 atom stereocenters. The molecule has 1 unspecified atom stereocenters. The summed E-state index contributed by atoms with van der Waals surface area (Å²) in [5, 5.41) is 0. The fourth-order valence-corrected chi connectivity index (χ4v) is 1.75. The number of aryl methyl sites for hydroxylation is 1. The highest BCUT2D eigenvalue weighted by molar-refractivity contribution is 9.10. The number of halogens is 2. The Kier molecular flexibility index (Phi) is 4.14. The molecule has 0 N–H and O–H groups in total. The molecular formula is C11H12BrClO. The Balaban J connectivity index is 3.06. The maximum atomic E-state index is 11.6. The summed E-state index contributed by atoms with van der Waals surface area (Å²) in [6.45, 7) is 3.81. The zero-order chi connectivity index (χ0) is 10.7. The zero-order valence-corrected chi connectivity index (χ0v) is 10.5. The van der Waals surface area contributed by atoms with Crippen LogP contribution < -0.4 is 0 Å². The minimum atomic E-state index is -0.145. The summed E-state index contributed by atoms with van der Waals surface area (Å²) in [5.74, 6) is 0.542. The summed E-state index contributed by atoms with van der Waals surface area (Å²) in [6.07, 6.45) is 0. The van der Waals surface area contributed by atoms with Gasteiger partial charge in [-0.25, -0.2) is 0 Å². The van der Waals surface area contributed by atoms with Crippen molar-refractivity contribution in [2.75, 3.05) is 0 Å². The Morgan fingerprint density at radius 3 is 2.71 bits per heavy atom. The van der Waals surface area contributed by atoms with Crippen molar-refractivity contribution < 1.29 is 4.79 Å². The number of alkyl halides is 2. The van der Waals surface area contributed by atoms with E-state index < -0.39 is 0 Å². The number of carbonyl (C=O) groups is 1. The van der Waals surface area contributed by atoms with Gasteiger partial charge in [0.1, 0.15) is 0 Å². The molecule has 1 rings (SSSR count). The number of hydrogen-bond acceptors (Lipinski definition) is 1. The molecule has 1 nitrogen and oxygen atoms in total. The van der Waals surface area contributed by atoms with Crippen LogP contribution >= 0.6 is 27.5 Å². The molecular weight excluding hydrogens is 263 g/mol. The minimum absolute atomic E-state index is 0.0939. The highest BCUT2D eigenvalue weighted by Gasteiger charge is 2.12. The molecule has 0 spiro atoms. The van der Waals surface area contributed by atoms with Gasteiger partial charge in [-0.05, 0) is 31.0 Å². The second kappa shape index (κ2) is 4.94. The van der Waals surface area contributed by atoms with Crippen molar-refractivity contribution in [3.05, 3.63) is 34.9 Å². The number of rotatable bonds is 3. The van der Waals surface area contributed by atoms with E-state index in [1.165, 1.54) is 0 Å². The average molecular weight is 276 g/mol. The quantitative estimate of drug-likeness (QED) is 0.607. The number of ketones is 1. The molecule has 0 aliphatic heterocycles. The fourth-order valence-electron chi connectivity index (χ4n) is 1.20. The number of Topliss-reactive ketones (excluding diaryl/α,β-unsaturated/α-hetero) is 1. The second-order valence-corrected chi connectivity index (χ2v) is 4.90. The maximum Gasteiger partial charge on any atom is 0.176 e. The monoisotopic (exact) mass is 274 g/mol. The molecule has 0 heterocycles. The molecule has 0 bridgehead atoms. The Morgan fingerprint density at radius 1 is 1.57 bits per heavy atom. The molecule has 1 aromatic carbocycles. The van der Waals surface area contributed by atoms with Gasteiger partial charge in [-0.2, -0.15) is 0 Å². The first-order valence-electron chi connectivity index (χ1n) is 4.40. The van der Waals surface area contributed by atoms with E-state index in [1.807, 2.05) is 32.0 Å². The van der Waals surface area contributed by atoms with E-state index in [9.17, 15) is 4.79 Å². The number of benzene rings is 1. The SMILES string of the molecule is Cc1ccc(C(=O)C(C)Br)cc1CCl. The molecule has 1 aromatic rings. The third-order valence-corrected chi connectivity index (χ3v) is 2.84. The van der Waals surface area contributed by atoms with Crippen LogP contribution in [-0.4, -0.2) is 10.6 Å². The van der Waals surface area contributed by atoms with E-state index >= 15 is 0 Å². The van der Waals surface area contributed by atoms with Crippen LogP contribution in [0.5, 0.6) is 0 Å². The molecule has 3 heteroatoms. The summed E-state index contributed by atoms with van der Waals surface area (Å²) in [4.78, 5) is 11.5. The lowest BCUT2D eigenvalue weighted by atomic mass is 10.0.